The van der Waals surface area contributed by atoms with Crippen LogP contribution in [-0.2, 0) is 9.47 Å². The van der Waals surface area contributed by atoms with Crippen LogP contribution in [-0.4, -0.2) is 63.5 Å². The molecule has 0 aromatic carbocycles. The molecule has 0 aromatic heterocycles. The average Bonchev–Trinajstić information content (AvgIpc) is 2.72. The molecule has 2 heterocycles. The molecule has 2 rings (SSSR count). The lowest BCUT2D eigenvalue weighted by Gasteiger charge is -2.35. The van der Waals surface area contributed by atoms with Crippen LogP contribution in [0.5, 0.6) is 0 Å². The van der Waals surface area contributed by atoms with Gasteiger partial charge in [-0.05, 0) is 39.2 Å². The summed E-state index contributed by atoms with van der Waals surface area (Å²) < 4.78 is 10.5. The van der Waals surface area contributed by atoms with E-state index in [1.807, 2.05) is 0 Å². The number of nitrogens with zero attached hydrogens (tertiary/aromatic N) is 1. The number of nitrogens with one attached hydrogen (secondary N) is 1. The Morgan fingerprint density at radius 1 is 1.11 bits per heavy atom. The molecule has 0 aromatic rings. The number of ether oxygens (including phenoxy) is 2. The number of rotatable bonds is 8. The largest absolute Gasteiger partial charge is 0.382 e. The van der Waals surface area contributed by atoms with Gasteiger partial charge in [-0.15, -0.1) is 0 Å². The van der Waals surface area contributed by atoms with Gasteiger partial charge in [-0.3, -0.25) is 0 Å². The minimum absolute atomic E-state index is 0.702. The third kappa shape index (κ3) is 4.19. The van der Waals surface area contributed by atoms with E-state index in [9.17, 15) is 0 Å². The van der Waals surface area contributed by atoms with E-state index in [4.69, 9.17) is 9.47 Å². The van der Waals surface area contributed by atoms with Crippen LogP contribution in [0.15, 0.2) is 0 Å². The fourth-order valence-electron chi connectivity index (χ4n) is 3.23. The molecule has 2 unspecified atom stereocenters. The third-order valence-corrected chi connectivity index (χ3v) is 4.30. The van der Waals surface area contributed by atoms with E-state index in [-0.39, 0.29) is 0 Å². The zero-order valence-corrected chi connectivity index (χ0v) is 11.9. The topological polar surface area (TPSA) is 33.7 Å². The van der Waals surface area contributed by atoms with Gasteiger partial charge >= 0.3 is 0 Å². The number of hydrogen-bond acceptors (Lipinski definition) is 4. The Balaban J connectivity index is 1.56. The zero-order valence-electron chi connectivity index (χ0n) is 11.9. The Morgan fingerprint density at radius 2 is 1.83 bits per heavy atom. The molecule has 0 aliphatic carbocycles. The Hall–Kier alpha value is -0.160. The Kier molecular flexibility index (Phi) is 5.89. The predicted octanol–water partition coefficient (Wildman–Crippen LogP) is 1.25. The standard InChI is InChI=1S/C14H28N2O2/c1-16(6-3-7-18-9-8-17-2)14-10-12-4-5-13(11-14)15-12/h12-15H,3-11H2,1-2H3. The Labute approximate surface area is 111 Å². The fourth-order valence-corrected chi connectivity index (χ4v) is 3.23. The number of fused-ring (bicyclic) bond motifs is 2. The Bertz CT molecular complexity index is 226. The molecule has 2 bridgehead atoms. The number of methoxy groups -OCH3 is 1. The van der Waals surface area contributed by atoms with Gasteiger partial charge in [0.1, 0.15) is 0 Å². The highest BCUT2D eigenvalue weighted by Gasteiger charge is 2.34. The van der Waals surface area contributed by atoms with Crippen molar-refractivity contribution in [3.05, 3.63) is 0 Å². The Morgan fingerprint density at radius 3 is 2.50 bits per heavy atom. The van der Waals surface area contributed by atoms with Crippen LogP contribution in [0.3, 0.4) is 0 Å². The highest BCUT2D eigenvalue weighted by atomic mass is 16.5. The first-order chi connectivity index (χ1) is 8.79. The second kappa shape index (κ2) is 7.43. The summed E-state index contributed by atoms with van der Waals surface area (Å²) >= 11 is 0. The van der Waals surface area contributed by atoms with Crippen LogP contribution in [0.1, 0.15) is 32.1 Å². The van der Waals surface area contributed by atoms with E-state index >= 15 is 0 Å². The number of piperidine rings is 1. The van der Waals surface area contributed by atoms with Gasteiger partial charge in [-0.1, -0.05) is 0 Å². The van der Waals surface area contributed by atoms with Gasteiger partial charge in [-0.2, -0.15) is 0 Å². The summed E-state index contributed by atoms with van der Waals surface area (Å²) in [6.45, 7) is 3.42. The quantitative estimate of drug-likeness (QED) is 0.663. The normalized spacial score (nSPS) is 31.2. The van der Waals surface area contributed by atoms with Crippen molar-refractivity contribution in [3.63, 3.8) is 0 Å². The van der Waals surface area contributed by atoms with E-state index in [0.29, 0.717) is 6.61 Å². The van der Waals surface area contributed by atoms with Crippen molar-refractivity contribution in [2.24, 2.45) is 0 Å². The highest BCUT2D eigenvalue weighted by molar-refractivity contribution is 4.95. The second-order valence-electron chi connectivity index (χ2n) is 5.70. The van der Waals surface area contributed by atoms with Gasteiger partial charge < -0.3 is 19.7 Å². The molecule has 1 N–H and O–H groups in total. The molecule has 2 aliphatic heterocycles. The second-order valence-corrected chi connectivity index (χ2v) is 5.70. The molecule has 2 fully saturated rings. The lowest BCUT2D eigenvalue weighted by atomic mass is 9.98. The molecule has 18 heavy (non-hydrogen) atoms. The molecule has 2 atom stereocenters. The predicted molar refractivity (Wildman–Crippen MR) is 72.9 cm³/mol. The van der Waals surface area contributed by atoms with E-state index < -0.39 is 0 Å². The monoisotopic (exact) mass is 256 g/mol. The SMILES string of the molecule is COCCOCCCN(C)C1CC2CCC(C1)N2. The van der Waals surface area contributed by atoms with Crippen LogP contribution < -0.4 is 5.32 Å². The molecule has 0 saturated carbocycles. The number of hydrogen-bond donors (Lipinski definition) is 1. The summed E-state index contributed by atoms with van der Waals surface area (Å²) in [5.74, 6) is 0. The van der Waals surface area contributed by atoms with Crippen LogP contribution in [0, 0.1) is 0 Å². The molecular weight excluding hydrogens is 228 g/mol. The first-order valence-electron chi connectivity index (χ1n) is 7.32. The van der Waals surface area contributed by atoms with Crippen LogP contribution >= 0.6 is 0 Å². The molecule has 2 aliphatic rings. The molecule has 0 radical (unpaired) electrons. The van der Waals surface area contributed by atoms with Crippen molar-refractivity contribution in [1.82, 2.24) is 10.2 Å². The molecule has 4 heteroatoms. The maximum atomic E-state index is 5.50. The summed E-state index contributed by atoms with van der Waals surface area (Å²) in [7, 11) is 3.98. The lowest BCUT2D eigenvalue weighted by molar-refractivity contribution is 0.0627. The zero-order chi connectivity index (χ0) is 12.8. The van der Waals surface area contributed by atoms with Crippen molar-refractivity contribution in [2.45, 2.75) is 50.2 Å². The minimum atomic E-state index is 0.702. The molecule has 2 saturated heterocycles. The van der Waals surface area contributed by atoms with Gasteiger partial charge in [0.2, 0.25) is 0 Å². The maximum absolute atomic E-state index is 5.50. The van der Waals surface area contributed by atoms with E-state index in [1.54, 1.807) is 7.11 Å². The van der Waals surface area contributed by atoms with E-state index in [2.05, 4.69) is 17.3 Å². The fraction of sp³-hybridized carbons (Fsp3) is 1.00. The highest BCUT2D eigenvalue weighted by Crippen LogP contribution is 2.29. The van der Waals surface area contributed by atoms with Crippen molar-refractivity contribution in [3.8, 4) is 0 Å². The van der Waals surface area contributed by atoms with Crippen molar-refractivity contribution < 1.29 is 9.47 Å². The lowest BCUT2D eigenvalue weighted by Crippen LogP contribution is -2.47. The third-order valence-electron chi connectivity index (χ3n) is 4.30. The van der Waals surface area contributed by atoms with Crippen molar-refractivity contribution in [2.75, 3.05) is 40.5 Å². The molecule has 4 nitrogen and oxygen atoms in total. The van der Waals surface area contributed by atoms with Crippen LogP contribution in [0.4, 0.5) is 0 Å². The van der Waals surface area contributed by atoms with E-state index in [1.165, 1.54) is 25.7 Å². The van der Waals surface area contributed by atoms with Gasteiger partial charge in [0.25, 0.3) is 0 Å². The van der Waals surface area contributed by atoms with Crippen molar-refractivity contribution >= 4 is 0 Å². The minimum Gasteiger partial charge on any atom is -0.382 e. The first kappa shape index (κ1) is 14.3. The van der Waals surface area contributed by atoms with Crippen molar-refractivity contribution in [1.29, 1.82) is 0 Å². The molecular formula is C14H28N2O2. The molecule has 106 valence electrons. The first-order valence-corrected chi connectivity index (χ1v) is 7.32. The summed E-state index contributed by atoms with van der Waals surface area (Å²) in [6, 6.07) is 2.35. The van der Waals surface area contributed by atoms with Gasteiger partial charge in [0.05, 0.1) is 13.2 Å². The molecule has 0 amide bonds. The molecule has 0 spiro atoms. The average molecular weight is 256 g/mol. The van der Waals surface area contributed by atoms with Gasteiger partial charge in [0.15, 0.2) is 0 Å². The maximum Gasteiger partial charge on any atom is 0.0700 e. The van der Waals surface area contributed by atoms with E-state index in [0.717, 1.165) is 44.3 Å². The summed E-state index contributed by atoms with van der Waals surface area (Å²) in [4.78, 5) is 2.53. The van der Waals surface area contributed by atoms with Gasteiger partial charge in [-0.25, -0.2) is 0 Å². The summed E-state index contributed by atoms with van der Waals surface area (Å²) in [5, 5.41) is 3.70. The summed E-state index contributed by atoms with van der Waals surface area (Å²) in [5.41, 5.74) is 0. The van der Waals surface area contributed by atoms with Crippen LogP contribution in [0.2, 0.25) is 0 Å². The van der Waals surface area contributed by atoms with Crippen LogP contribution in [0.25, 0.3) is 0 Å². The van der Waals surface area contributed by atoms with Gasteiger partial charge in [0, 0.05) is 38.4 Å². The summed E-state index contributed by atoms with van der Waals surface area (Å²) in [6.07, 6.45) is 6.55. The smallest absolute Gasteiger partial charge is 0.0700 e.